The summed E-state index contributed by atoms with van der Waals surface area (Å²) in [5.74, 6) is 1.65. The van der Waals surface area contributed by atoms with E-state index in [4.69, 9.17) is 0 Å². The molecule has 2 atom stereocenters. The van der Waals surface area contributed by atoms with Crippen LogP contribution in [-0.4, -0.2) is 0 Å². The summed E-state index contributed by atoms with van der Waals surface area (Å²) in [5.41, 5.74) is 7.50. The van der Waals surface area contributed by atoms with Crippen molar-refractivity contribution in [1.82, 2.24) is 0 Å². The fourth-order valence-corrected chi connectivity index (χ4v) is 3.95. The molecule has 2 unspecified atom stereocenters. The van der Waals surface area contributed by atoms with Gasteiger partial charge in [-0.05, 0) is 60.8 Å². The molecule has 1 aromatic carbocycles. The largest absolute Gasteiger partial charge is 0.204 e. The second-order valence-corrected chi connectivity index (χ2v) is 6.92. The number of aryl methyl sites for hydroxylation is 2. The summed E-state index contributed by atoms with van der Waals surface area (Å²) in [7, 11) is 2.21. The molecule has 1 aromatic heterocycles. The Balaban J connectivity index is 1.75. The van der Waals surface area contributed by atoms with Crippen LogP contribution in [0, 0.1) is 5.92 Å². The molecule has 1 saturated carbocycles. The number of fused-ring (bicyclic) bond motifs is 1. The third kappa shape index (κ3) is 2.29. The van der Waals surface area contributed by atoms with Crippen LogP contribution in [0.2, 0.25) is 0 Å². The monoisotopic (exact) mass is 278 g/mol. The summed E-state index contributed by atoms with van der Waals surface area (Å²) in [6.07, 6.45) is 8.89. The minimum atomic E-state index is 0.786. The maximum Gasteiger partial charge on any atom is 0.184 e. The van der Waals surface area contributed by atoms with E-state index >= 15 is 0 Å². The van der Waals surface area contributed by atoms with E-state index in [1.165, 1.54) is 48.9 Å². The highest BCUT2D eigenvalue weighted by molar-refractivity contribution is 5.68. The maximum atomic E-state index is 2.35. The Morgan fingerprint density at radius 1 is 1.05 bits per heavy atom. The third-order valence-electron chi connectivity index (χ3n) is 5.37. The van der Waals surface area contributed by atoms with Crippen LogP contribution in [0.5, 0.6) is 0 Å². The van der Waals surface area contributed by atoms with E-state index in [1.807, 2.05) is 0 Å². The summed E-state index contributed by atoms with van der Waals surface area (Å²) in [6.45, 7) is 2.35. The summed E-state index contributed by atoms with van der Waals surface area (Å²) >= 11 is 0. The zero-order valence-corrected chi connectivity index (χ0v) is 13.1. The summed E-state index contributed by atoms with van der Waals surface area (Å²) in [6, 6.07) is 11.5. The fourth-order valence-electron chi connectivity index (χ4n) is 3.95. The highest BCUT2D eigenvalue weighted by Gasteiger charge is 2.39. The quantitative estimate of drug-likeness (QED) is 0.726. The Morgan fingerprint density at radius 3 is 2.62 bits per heavy atom. The first kappa shape index (κ1) is 13.1. The molecular formula is C20H24N+. The molecule has 1 fully saturated rings. The van der Waals surface area contributed by atoms with E-state index in [-0.39, 0.29) is 0 Å². The van der Waals surface area contributed by atoms with Gasteiger partial charge < -0.3 is 0 Å². The standard InChI is InChI=1S/C20H24N/c1-14-12-19(14)20-11-10-16(13-21(20)2)18-9-5-7-15-6-3-4-8-17(15)18/h5,7,9-11,13-14,19H,3-4,6,8,12H2,1-2H3/q+1. The van der Waals surface area contributed by atoms with Crippen molar-refractivity contribution in [3.05, 3.63) is 53.3 Å². The van der Waals surface area contributed by atoms with Crippen molar-refractivity contribution in [2.24, 2.45) is 13.0 Å². The molecule has 0 aliphatic heterocycles. The molecule has 4 rings (SSSR count). The van der Waals surface area contributed by atoms with Crippen molar-refractivity contribution >= 4 is 0 Å². The lowest BCUT2D eigenvalue weighted by atomic mass is 9.86. The lowest BCUT2D eigenvalue weighted by Gasteiger charge is -2.19. The minimum absolute atomic E-state index is 0.786. The van der Waals surface area contributed by atoms with Crippen molar-refractivity contribution in [3.63, 3.8) is 0 Å². The summed E-state index contributed by atoms with van der Waals surface area (Å²) in [5, 5.41) is 0. The van der Waals surface area contributed by atoms with Crippen LogP contribution in [0.3, 0.4) is 0 Å². The minimum Gasteiger partial charge on any atom is -0.204 e. The molecule has 0 saturated heterocycles. The smallest absolute Gasteiger partial charge is 0.184 e. The Morgan fingerprint density at radius 2 is 1.86 bits per heavy atom. The van der Waals surface area contributed by atoms with E-state index in [2.05, 4.69) is 55.1 Å². The normalized spacial score (nSPS) is 23.7. The lowest BCUT2D eigenvalue weighted by molar-refractivity contribution is -0.679. The van der Waals surface area contributed by atoms with E-state index in [0.717, 1.165) is 11.8 Å². The summed E-state index contributed by atoms with van der Waals surface area (Å²) < 4.78 is 2.35. The van der Waals surface area contributed by atoms with Crippen molar-refractivity contribution in [2.75, 3.05) is 0 Å². The van der Waals surface area contributed by atoms with Gasteiger partial charge in [-0.1, -0.05) is 25.1 Å². The average molecular weight is 278 g/mol. The molecule has 0 radical (unpaired) electrons. The van der Waals surface area contributed by atoms with E-state index < -0.39 is 0 Å². The SMILES string of the molecule is CC1CC1c1ccc(-c2cccc3c2CCCC3)c[n+]1C. The van der Waals surface area contributed by atoms with E-state index in [0.29, 0.717) is 0 Å². The molecule has 0 N–H and O–H groups in total. The molecule has 0 bridgehead atoms. The first-order valence-electron chi connectivity index (χ1n) is 8.35. The zero-order chi connectivity index (χ0) is 14.4. The first-order valence-corrected chi connectivity index (χ1v) is 8.35. The van der Waals surface area contributed by atoms with E-state index in [1.54, 1.807) is 11.1 Å². The van der Waals surface area contributed by atoms with Crippen LogP contribution in [0.1, 0.15) is 48.9 Å². The van der Waals surface area contributed by atoms with Gasteiger partial charge in [0.1, 0.15) is 7.05 Å². The predicted molar refractivity (Wildman–Crippen MR) is 86.2 cm³/mol. The van der Waals surface area contributed by atoms with Crippen molar-refractivity contribution in [2.45, 2.75) is 44.9 Å². The van der Waals surface area contributed by atoms with Crippen LogP contribution in [0.4, 0.5) is 0 Å². The van der Waals surface area contributed by atoms with Crippen LogP contribution < -0.4 is 4.57 Å². The van der Waals surface area contributed by atoms with Crippen LogP contribution in [0.25, 0.3) is 11.1 Å². The van der Waals surface area contributed by atoms with Gasteiger partial charge in [-0.25, -0.2) is 4.57 Å². The number of rotatable bonds is 2. The molecule has 1 heteroatoms. The summed E-state index contributed by atoms with van der Waals surface area (Å²) in [4.78, 5) is 0. The highest BCUT2D eigenvalue weighted by Crippen LogP contribution is 2.45. The number of pyridine rings is 1. The number of hydrogen-bond acceptors (Lipinski definition) is 0. The second kappa shape index (κ2) is 4.98. The Hall–Kier alpha value is -1.63. The van der Waals surface area contributed by atoms with Gasteiger partial charge in [0.25, 0.3) is 0 Å². The van der Waals surface area contributed by atoms with Gasteiger partial charge in [-0.3, -0.25) is 0 Å². The van der Waals surface area contributed by atoms with Crippen molar-refractivity contribution < 1.29 is 4.57 Å². The Bertz CT molecular complexity index is 686. The second-order valence-electron chi connectivity index (χ2n) is 6.92. The molecule has 0 amide bonds. The molecule has 2 aliphatic carbocycles. The van der Waals surface area contributed by atoms with Crippen molar-refractivity contribution in [1.29, 1.82) is 0 Å². The fraction of sp³-hybridized carbons (Fsp3) is 0.450. The number of benzene rings is 1. The van der Waals surface area contributed by atoms with E-state index in [9.17, 15) is 0 Å². The predicted octanol–water partition coefficient (Wildman–Crippen LogP) is 4.18. The van der Waals surface area contributed by atoms with Crippen LogP contribution in [-0.2, 0) is 19.9 Å². The molecule has 2 aliphatic rings. The van der Waals surface area contributed by atoms with Gasteiger partial charge >= 0.3 is 0 Å². The lowest BCUT2D eigenvalue weighted by Crippen LogP contribution is -2.33. The number of hydrogen-bond donors (Lipinski definition) is 0. The molecule has 21 heavy (non-hydrogen) atoms. The van der Waals surface area contributed by atoms with Crippen molar-refractivity contribution in [3.8, 4) is 11.1 Å². The van der Waals surface area contributed by atoms with Gasteiger partial charge in [-0.2, -0.15) is 0 Å². The van der Waals surface area contributed by atoms with Gasteiger partial charge in [0, 0.05) is 17.5 Å². The topological polar surface area (TPSA) is 3.88 Å². The number of aromatic nitrogens is 1. The molecule has 0 spiro atoms. The van der Waals surface area contributed by atoms with Gasteiger partial charge in [-0.15, -0.1) is 0 Å². The molecule has 1 heterocycles. The third-order valence-corrected chi connectivity index (χ3v) is 5.37. The molecule has 1 nitrogen and oxygen atoms in total. The highest BCUT2D eigenvalue weighted by atomic mass is 14.9. The molecular weight excluding hydrogens is 254 g/mol. The Labute approximate surface area is 127 Å². The zero-order valence-electron chi connectivity index (χ0n) is 13.1. The molecule has 108 valence electrons. The molecule has 2 aromatic rings. The van der Waals surface area contributed by atoms with Gasteiger partial charge in [0.15, 0.2) is 11.9 Å². The number of nitrogens with zero attached hydrogens (tertiary/aromatic N) is 1. The average Bonchev–Trinajstić information content (AvgIpc) is 3.23. The van der Waals surface area contributed by atoms with Gasteiger partial charge in [0.05, 0.1) is 0 Å². The van der Waals surface area contributed by atoms with Crippen LogP contribution in [0.15, 0.2) is 36.5 Å². The first-order chi connectivity index (χ1) is 10.2. The van der Waals surface area contributed by atoms with Gasteiger partial charge in [0.2, 0.25) is 0 Å². The van der Waals surface area contributed by atoms with Crippen LogP contribution >= 0.6 is 0 Å². The maximum absolute atomic E-state index is 2.35. The Kier molecular flexibility index (Phi) is 3.10.